The second-order valence-corrected chi connectivity index (χ2v) is 7.59. The van der Waals surface area contributed by atoms with Crippen LogP contribution in [0.25, 0.3) is 10.6 Å². The van der Waals surface area contributed by atoms with E-state index in [-0.39, 0.29) is 0 Å². The summed E-state index contributed by atoms with van der Waals surface area (Å²) in [4.78, 5) is 18.4. The van der Waals surface area contributed by atoms with E-state index in [2.05, 4.69) is 41.4 Å². The van der Waals surface area contributed by atoms with Gasteiger partial charge in [-0.15, -0.1) is 21.5 Å². The molecule has 8 heteroatoms. The minimum Gasteiger partial charge on any atom is -0.480 e. The van der Waals surface area contributed by atoms with Crippen LogP contribution in [-0.4, -0.2) is 41.8 Å². The van der Waals surface area contributed by atoms with Gasteiger partial charge in [-0.05, 0) is 18.9 Å². The van der Waals surface area contributed by atoms with Crippen molar-refractivity contribution in [3.05, 3.63) is 52.6 Å². The van der Waals surface area contributed by atoms with Crippen molar-refractivity contribution in [1.29, 1.82) is 0 Å². The molecule has 27 heavy (non-hydrogen) atoms. The highest BCUT2D eigenvalue weighted by Crippen LogP contribution is 2.26. The van der Waals surface area contributed by atoms with E-state index < -0.39 is 12.0 Å². The van der Waals surface area contributed by atoms with Gasteiger partial charge in [-0.3, -0.25) is 9.69 Å². The first kappa shape index (κ1) is 17.8. The molecule has 0 radical (unpaired) electrons. The van der Waals surface area contributed by atoms with Crippen molar-refractivity contribution in [2.24, 2.45) is 0 Å². The van der Waals surface area contributed by atoms with Crippen LogP contribution in [0.2, 0.25) is 0 Å². The van der Waals surface area contributed by atoms with Gasteiger partial charge >= 0.3 is 5.97 Å². The zero-order valence-electron chi connectivity index (χ0n) is 15.3. The van der Waals surface area contributed by atoms with Gasteiger partial charge < -0.3 is 9.67 Å². The molecule has 0 bridgehead atoms. The van der Waals surface area contributed by atoms with E-state index in [1.54, 1.807) is 11.3 Å². The highest BCUT2D eigenvalue weighted by atomic mass is 32.1. The van der Waals surface area contributed by atoms with E-state index in [1.807, 2.05) is 21.8 Å². The SMILES string of the molecule is CCc1ccc(-c2nc(CN3Cc4nnc(C)n4CC3C(=O)O)cs2)cc1. The normalized spacial score (nSPS) is 17.0. The van der Waals surface area contributed by atoms with E-state index in [1.165, 1.54) is 5.56 Å². The molecule has 2 aromatic heterocycles. The molecule has 140 valence electrons. The molecule has 1 aliphatic heterocycles. The first-order chi connectivity index (χ1) is 13.0. The highest BCUT2D eigenvalue weighted by Gasteiger charge is 2.33. The molecule has 0 aliphatic carbocycles. The monoisotopic (exact) mass is 383 g/mol. The number of thiazole rings is 1. The molecule has 1 unspecified atom stereocenters. The number of carboxylic acids is 1. The predicted octanol–water partition coefficient (Wildman–Crippen LogP) is 2.74. The minimum atomic E-state index is -0.834. The van der Waals surface area contributed by atoms with Crippen LogP contribution >= 0.6 is 11.3 Å². The molecule has 0 amide bonds. The highest BCUT2D eigenvalue weighted by molar-refractivity contribution is 7.13. The number of hydrogen-bond donors (Lipinski definition) is 1. The summed E-state index contributed by atoms with van der Waals surface area (Å²) < 4.78 is 1.89. The summed E-state index contributed by atoms with van der Waals surface area (Å²) in [7, 11) is 0. The predicted molar refractivity (Wildman–Crippen MR) is 102 cm³/mol. The van der Waals surface area contributed by atoms with Crippen LogP contribution < -0.4 is 0 Å². The van der Waals surface area contributed by atoms with Crippen molar-refractivity contribution in [2.45, 2.75) is 45.9 Å². The molecular formula is C19H21N5O2S. The number of aromatic nitrogens is 4. The Hall–Kier alpha value is -2.58. The summed E-state index contributed by atoms with van der Waals surface area (Å²) in [5.41, 5.74) is 3.27. The quantitative estimate of drug-likeness (QED) is 0.729. The lowest BCUT2D eigenvalue weighted by Gasteiger charge is -2.32. The molecular weight excluding hydrogens is 362 g/mol. The van der Waals surface area contributed by atoms with Gasteiger partial charge in [-0.2, -0.15) is 0 Å². The summed E-state index contributed by atoms with van der Waals surface area (Å²) in [6.45, 7) is 5.28. The van der Waals surface area contributed by atoms with Crippen LogP contribution in [0.15, 0.2) is 29.6 Å². The van der Waals surface area contributed by atoms with Crippen LogP contribution in [0.4, 0.5) is 0 Å². The summed E-state index contributed by atoms with van der Waals surface area (Å²) in [6, 6.07) is 7.82. The Kier molecular flexibility index (Phi) is 4.75. The summed E-state index contributed by atoms with van der Waals surface area (Å²) >= 11 is 1.59. The average molecular weight is 383 g/mol. The third kappa shape index (κ3) is 3.50. The van der Waals surface area contributed by atoms with Gasteiger partial charge in [0.25, 0.3) is 0 Å². The van der Waals surface area contributed by atoms with Crippen LogP contribution in [0, 0.1) is 6.92 Å². The number of aliphatic carboxylic acids is 1. The molecule has 0 fully saturated rings. The van der Waals surface area contributed by atoms with Gasteiger partial charge in [0.1, 0.15) is 22.7 Å². The van der Waals surface area contributed by atoms with Gasteiger partial charge in [0, 0.05) is 17.5 Å². The van der Waals surface area contributed by atoms with Crippen molar-refractivity contribution < 1.29 is 9.90 Å². The van der Waals surface area contributed by atoms with Crippen LogP contribution in [0.3, 0.4) is 0 Å². The maximum Gasteiger partial charge on any atom is 0.322 e. The Balaban J connectivity index is 1.54. The Morgan fingerprint density at radius 3 is 2.78 bits per heavy atom. The lowest BCUT2D eigenvalue weighted by molar-refractivity contribution is -0.145. The van der Waals surface area contributed by atoms with Crippen molar-refractivity contribution in [1.82, 2.24) is 24.6 Å². The summed E-state index contributed by atoms with van der Waals surface area (Å²) in [5.74, 6) is 0.720. The van der Waals surface area contributed by atoms with Crippen LogP contribution in [-0.2, 0) is 30.8 Å². The van der Waals surface area contributed by atoms with Crippen LogP contribution in [0.5, 0.6) is 0 Å². The fraction of sp³-hybridized carbons (Fsp3) is 0.368. The Labute approximate surface area is 161 Å². The van der Waals surface area contributed by atoms with Crippen LogP contribution in [0.1, 0.15) is 29.8 Å². The zero-order valence-corrected chi connectivity index (χ0v) is 16.1. The van der Waals surface area contributed by atoms with Gasteiger partial charge in [0.2, 0.25) is 0 Å². The number of fused-ring (bicyclic) bond motifs is 1. The molecule has 1 aliphatic rings. The molecule has 1 atom stereocenters. The molecule has 3 aromatic rings. The lowest BCUT2D eigenvalue weighted by Crippen LogP contribution is -2.47. The number of carbonyl (C=O) groups is 1. The Morgan fingerprint density at radius 2 is 2.07 bits per heavy atom. The second kappa shape index (κ2) is 7.21. The average Bonchev–Trinajstić information content (AvgIpc) is 3.28. The van der Waals surface area contributed by atoms with Gasteiger partial charge in [0.05, 0.1) is 18.8 Å². The van der Waals surface area contributed by atoms with Crippen molar-refractivity contribution in [3.63, 3.8) is 0 Å². The first-order valence-electron chi connectivity index (χ1n) is 8.94. The van der Waals surface area contributed by atoms with E-state index in [9.17, 15) is 9.90 Å². The van der Waals surface area contributed by atoms with E-state index in [4.69, 9.17) is 4.98 Å². The van der Waals surface area contributed by atoms with Gasteiger partial charge in [-0.25, -0.2) is 4.98 Å². The standard InChI is InChI=1S/C19H21N5O2S/c1-3-13-4-6-14(7-5-13)18-20-15(11-27-18)8-23-10-17-22-21-12(2)24(17)9-16(23)19(25)26/h4-7,11,16H,3,8-10H2,1-2H3,(H,25,26). The largest absolute Gasteiger partial charge is 0.480 e. The fourth-order valence-corrected chi connectivity index (χ4v) is 4.18. The number of hydrogen-bond acceptors (Lipinski definition) is 6. The number of rotatable bonds is 5. The zero-order chi connectivity index (χ0) is 19.0. The van der Waals surface area contributed by atoms with E-state index in [0.717, 1.165) is 34.3 Å². The fourth-order valence-electron chi connectivity index (χ4n) is 3.36. The molecule has 4 rings (SSSR count). The Morgan fingerprint density at radius 1 is 1.30 bits per heavy atom. The van der Waals surface area contributed by atoms with Gasteiger partial charge in [0.15, 0.2) is 0 Å². The number of carboxylic acid groups (broad SMARTS) is 1. The van der Waals surface area contributed by atoms with Crippen molar-refractivity contribution >= 4 is 17.3 Å². The lowest BCUT2D eigenvalue weighted by atomic mass is 10.1. The number of aryl methyl sites for hydroxylation is 2. The maximum atomic E-state index is 11.8. The first-order valence-corrected chi connectivity index (χ1v) is 9.82. The number of nitrogens with zero attached hydrogens (tertiary/aromatic N) is 5. The third-order valence-corrected chi connectivity index (χ3v) is 5.90. The number of benzene rings is 1. The molecule has 0 saturated carbocycles. The van der Waals surface area contributed by atoms with Gasteiger partial charge in [-0.1, -0.05) is 31.2 Å². The second-order valence-electron chi connectivity index (χ2n) is 6.73. The molecule has 7 nitrogen and oxygen atoms in total. The summed E-state index contributed by atoms with van der Waals surface area (Å²) in [6.07, 6.45) is 1.01. The minimum absolute atomic E-state index is 0.360. The van der Waals surface area contributed by atoms with Crippen molar-refractivity contribution in [2.75, 3.05) is 0 Å². The third-order valence-electron chi connectivity index (χ3n) is 4.96. The van der Waals surface area contributed by atoms with Crippen molar-refractivity contribution in [3.8, 4) is 10.6 Å². The Bertz CT molecular complexity index is 963. The van der Waals surface area contributed by atoms with E-state index >= 15 is 0 Å². The maximum absolute atomic E-state index is 11.8. The molecule has 0 saturated heterocycles. The molecule has 1 aromatic carbocycles. The molecule has 0 spiro atoms. The topological polar surface area (TPSA) is 84.1 Å². The molecule has 1 N–H and O–H groups in total. The van der Waals surface area contributed by atoms with E-state index in [0.29, 0.717) is 19.6 Å². The summed E-state index contributed by atoms with van der Waals surface area (Å²) in [5, 5.41) is 20.9. The smallest absolute Gasteiger partial charge is 0.322 e. The molecule has 3 heterocycles.